The van der Waals surface area contributed by atoms with Gasteiger partial charge in [-0.3, -0.25) is 9.20 Å². The number of hydrogen-bond acceptors (Lipinski definition) is 6. The van der Waals surface area contributed by atoms with Crippen molar-refractivity contribution in [3.8, 4) is 17.7 Å². The summed E-state index contributed by atoms with van der Waals surface area (Å²) in [4.78, 5) is 22.6. The Morgan fingerprint density at radius 2 is 1.84 bits per heavy atom. The fourth-order valence-corrected chi connectivity index (χ4v) is 4.30. The number of allylic oxidation sites excluding steroid dienone is 1. The largest absolute Gasteiger partial charge is 0.438 e. The first-order chi connectivity index (χ1) is 15.6. The second kappa shape index (κ2) is 8.10. The van der Waals surface area contributed by atoms with Crippen LogP contribution in [0.15, 0.2) is 77.7 Å². The molecule has 0 unspecified atom stereocenters. The van der Waals surface area contributed by atoms with Crippen LogP contribution in [-0.2, 0) is 0 Å². The molecule has 0 amide bonds. The first kappa shape index (κ1) is 19.7. The molecule has 3 aromatic heterocycles. The topological polar surface area (TPSA) is 80.3 Å². The van der Waals surface area contributed by atoms with Crippen LogP contribution >= 0.6 is 11.3 Å². The van der Waals surface area contributed by atoms with Gasteiger partial charge in [-0.2, -0.15) is 10.2 Å². The highest BCUT2D eigenvalue weighted by Gasteiger charge is 2.17. The molecule has 0 aliphatic heterocycles. The Kier molecular flexibility index (Phi) is 4.98. The van der Waals surface area contributed by atoms with Crippen molar-refractivity contribution in [3.63, 3.8) is 0 Å². The molecule has 5 rings (SSSR count). The molecule has 32 heavy (non-hydrogen) atoms. The molecule has 0 aliphatic carbocycles. The first-order valence-electron chi connectivity index (χ1n) is 9.86. The zero-order valence-corrected chi connectivity index (χ0v) is 17.8. The maximum absolute atomic E-state index is 13.4. The molecule has 0 bridgehead atoms. The molecule has 0 aliphatic rings. The quantitative estimate of drug-likeness (QED) is 0.349. The molecule has 0 atom stereocenters. The van der Waals surface area contributed by atoms with E-state index in [1.165, 1.54) is 21.8 Å². The van der Waals surface area contributed by atoms with E-state index in [0.29, 0.717) is 16.4 Å². The zero-order valence-electron chi connectivity index (χ0n) is 17.0. The van der Waals surface area contributed by atoms with Gasteiger partial charge in [-0.1, -0.05) is 36.4 Å². The Bertz CT molecular complexity index is 1560. The molecule has 0 saturated carbocycles. The van der Waals surface area contributed by atoms with Crippen molar-refractivity contribution < 1.29 is 4.74 Å². The number of ether oxygens (including phenoxy) is 1. The first-order valence-corrected chi connectivity index (χ1v) is 10.7. The smallest absolute Gasteiger partial charge is 0.269 e. The van der Waals surface area contributed by atoms with Crippen LogP contribution in [0, 0.1) is 18.3 Å². The Morgan fingerprint density at radius 1 is 1.06 bits per heavy atom. The predicted molar refractivity (Wildman–Crippen MR) is 126 cm³/mol. The van der Waals surface area contributed by atoms with Gasteiger partial charge in [0.25, 0.3) is 5.56 Å². The zero-order chi connectivity index (χ0) is 22.1. The number of thiazole rings is 1. The third-order valence-electron chi connectivity index (χ3n) is 4.94. The van der Waals surface area contributed by atoms with E-state index in [2.05, 4.69) is 16.0 Å². The summed E-state index contributed by atoms with van der Waals surface area (Å²) in [6, 6.07) is 22.6. The Balaban J connectivity index is 1.74. The summed E-state index contributed by atoms with van der Waals surface area (Å²) in [5, 5.41) is 10.4. The molecule has 0 spiro atoms. The maximum Gasteiger partial charge on any atom is 0.269 e. The molecular formula is C25H16N4O2S. The third kappa shape index (κ3) is 3.53. The van der Waals surface area contributed by atoms with E-state index >= 15 is 0 Å². The van der Waals surface area contributed by atoms with Crippen molar-refractivity contribution in [3.05, 3.63) is 99.4 Å². The Labute approximate surface area is 187 Å². The van der Waals surface area contributed by atoms with Crippen LogP contribution < -0.4 is 10.3 Å². The molecule has 5 aromatic rings. The van der Waals surface area contributed by atoms with Gasteiger partial charge >= 0.3 is 0 Å². The highest BCUT2D eigenvalue weighted by atomic mass is 32.1. The van der Waals surface area contributed by atoms with Gasteiger partial charge in [0.2, 0.25) is 5.88 Å². The van der Waals surface area contributed by atoms with E-state index in [-0.39, 0.29) is 22.6 Å². The van der Waals surface area contributed by atoms with Crippen molar-refractivity contribution in [2.24, 2.45) is 0 Å². The minimum atomic E-state index is -0.321. The summed E-state index contributed by atoms with van der Waals surface area (Å²) in [6.07, 6.45) is 3.17. The SMILES string of the molecule is Cc1cccn2c(=O)c(C=C(C#N)c3nc4ccccc4s3)c(Oc3ccccc3)nc12. The van der Waals surface area contributed by atoms with Crippen molar-refractivity contribution >= 4 is 38.8 Å². The van der Waals surface area contributed by atoms with Crippen LogP contribution in [0.5, 0.6) is 11.6 Å². The lowest BCUT2D eigenvalue weighted by molar-refractivity contribution is 0.461. The lowest BCUT2D eigenvalue weighted by Gasteiger charge is -2.11. The van der Waals surface area contributed by atoms with E-state index in [4.69, 9.17) is 4.74 Å². The van der Waals surface area contributed by atoms with Gasteiger partial charge in [-0.15, -0.1) is 11.3 Å². The number of rotatable bonds is 4. The van der Waals surface area contributed by atoms with Gasteiger partial charge in [-0.25, -0.2) is 4.98 Å². The summed E-state index contributed by atoms with van der Waals surface area (Å²) in [5.74, 6) is 0.690. The molecule has 0 N–H and O–H groups in total. The van der Waals surface area contributed by atoms with Gasteiger partial charge in [0.1, 0.15) is 28.0 Å². The van der Waals surface area contributed by atoms with Crippen LogP contribution in [0.25, 0.3) is 27.5 Å². The summed E-state index contributed by atoms with van der Waals surface area (Å²) >= 11 is 1.40. The van der Waals surface area contributed by atoms with E-state index in [1.54, 1.807) is 24.4 Å². The van der Waals surface area contributed by atoms with Gasteiger partial charge in [0.05, 0.1) is 15.8 Å². The van der Waals surface area contributed by atoms with Crippen LogP contribution in [0.1, 0.15) is 16.1 Å². The summed E-state index contributed by atoms with van der Waals surface area (Å²) < 4.78 is 8.43. The number of benzene rings is 2. The number of hydrogen-bond donors (Lipinski definition) is 0. The van der Waals surface area contributed by atoms with E-state index < -0.39 is 0 Å². The van der Waals surface area contributed by atoms with E-state index in [9.17, 15) is 10.1 Å². The molecular weight excluding hydrogens is 420 g/mol. The third-order valence-corrected chi connectivity index (χ3v) is 6.01. The normalized spacial score (nSPS) is 11.6. The molecule has 0 radical (unpaired) electrons. The average molecular weight is 436 g/mol. The monoisotopic (exact) mass is 436 g/mol. The van der Waals surface area contributed by atoms with Crippen molar-refractivity contribution in [2.75, 3.05) is 0 Å². The minimum Gasteiger partial charge on any atom is -0.438 e. The fourth-order valence-electron chi connectivity index (χ4n) is 3.37. The van der Waals surface area contributed by atoms with E-state index in [0.717, 1.165) is 15.8 Å². The number of nitriles is 1. The van der Waals surface area contributed by atoms with Crippen molar-refractivity contribution in [1.82, 2.24) is 14.4 Å². The van der Waals surface area contributed by atoms with Crippen molar-refractivity contribution in [1.29, 1.82) is 5.26 Å². The molecule has 154 valence electrons. The molecule has 3 heterocycles. The van der Waals surface area contributed by atoms with Crippen molar-refractivity contribution in [2.45, 2.75) is 6.92 Å². The molecule has 0 fully saturated rings. The predicted octanol–water partition coefficient (Wildman–Crippen LogP) is 5.47. The molecule has 2 aromatic carbocycles. The molecule has 7 heteroatoms. The highest BCUT2D eigenvalue weighted by Crippen LogP contribution is 2.30. The van der Waals surface area contributed by atoms with Gasteiger partial charge in [-0.05, 0) is 48.9 Å². The van der Waals surface area contributed by atoms with Crippen LogP contribution in [-0.4, -0.2) is 14.4 Å². The lowest BCUT2D eigenvalue weighted by atomic mass is 10.2. The Morgan fingerprint density at radius 3 is 2.62 bits per heavy atom. The molecule has 6 nitrogen and oxygen atoms in total. The van der Waals surface area contributed by atoms with Gasteiger partial charge in [0.15, 0.2) is 0 Å². The fraction of sp³-hybridized carbons (Fsp3) is 0.0400. The van der Waals surface area contributed by atoms with Crippen LogP contribution in [0.3, 0.4) is 0 Å². The Hall–Kier alpha value is -4.28. The lowest BCUT2D eigenvalue weighted by Crippen LogP contribution is -2.19. The maximum atomic E-state index is 13.4. The second-order valence-corrected chi connectivity index (χ2v) is 8.12. The number of aromatic nitrogens is 3. The van der Waals surface area contributed by atoms with Crippen LogP contribution in [0.4, 0.5) is 0 Å². The molecule has 0 saturated heterocycles. The van der Waals surface area contributed by atoms with Gasteiger partial charge < -0.3 is 4.74 Å². The summed E-state index contributed by atoms with van der Waals surface area (Å²) in [5.41, 5.74) is 2.28. The van der Waals surface area contributed by atoms with E-state index in [1.807, 2.05) is 55.5 Å². The number of para-hydroxylation sites is 2. The minimum absolute atomic E-state index is 0.143. The second-order valence-electron chi connectivity index (χ2n) is 7.09. The number of aryl methyl sites for hydroxylation is 1. The standard InChI is InChI=1S/C25H16N4O2S/c1-16-8-7-13-29-22(16)28-23(31-18-9-3-2-4-10-18)19(25(29)30)14-17(15-26)24-27-20-11-5-6-12-21(20)32-24/h2-14H,1H3. The average Bonchev–Trinajstić information content (AvgIpc) is 3.24. The number of nitrogens with zero attached hydrogens (tertiary/aromatic N) is 4. The number of fused-ring (bicyclic) bond motifs is 2. The highest BCUT2D eigenvalue weighted by molar-refractivity contribution is 7.19. The summed E-state index contributed by atoms with van der Waals surface area (Å²) in [6.45, 7) is 1.88. The van der Waals surface area contributed by atoms with Crippen LogP contribution in [0.2, 0.25) is 0 Å². The number of pyridine rings is 1. The summed E-state index contributed by atoms with van der Waals surface area (Å²) in [7, 11) is 0. The van der Waals surface area contributed by atoms with Gasteiger partial charge in [0, 0.05) is 6.20 Å².